The minimum absolute atomic E-state index is 0. The summed E-state index contributed by atoms with van der Waals surface area (Å²) < 4.78 is 15.1. The van der Waals surface area contributed by atoms with E-state index in [9.17, 15) is 0 Å². The Kier molecular flexibility index (Phi) is 3.66. The van der Waals surface area contributed by atoms with Gasteiger partial charge in [-0.05, 0) is 38.1 Å². The molecule has 0 atom stereocenters. The highest BCUT2D eigenvalue weighted by Crippen LogP contribution is 2.34. The van der Waals surface area contributed by atoms with Crippen LogP contribution in [0.25, 0.3) is 16.9 Å². The van der Waals surface area contributed by atoms with Crippen molar-refractivity contribution in [2.45, 2.75) is 19.9 Å². The van der Waals surface area contributed by atoms with E-state index in [-0.39, 0.29) is 19.2 Å². The van der Waals surface area contributed by atoms with Crippen LogP contribution in [0.3, 0.4) is 0 Å². The van der Waals surface area contributed by atoms with Gasteiger partial charge >= 0.3 is 0 Å². The van der Waals surface area contributed by atoms with Crippen molar-refractivity contribution in [2.24, 2.45) is 0 Å². The number of rotatable bonds is 2. The van der Waals surface area contributed by atoms with E-state index in [1.807, 2.05) is 30.5 Å². The molecule has 0 saturated carbocycles. The van der Waals surface area contributed by atoms with E-state index in [4.69, 9.17) is 9.47 Å². The molecule has 0 fully saturated rings. The van der Waals surface area contributed by atoms with Crippen LogP contribution in [0.15, 0.2) is 42.9 Å². The van der Waals surface area contributed by atoms with E-state index in [2.05, 4.69) is 40.4 Å². The first-order chi connectivity index (χ1) is 10.2. The van der Waals surface area contributed by atoms with Crippen molar-refractivity contribution in [1.29, 1.82) is 0 Å². The zero-order valence-corrected chi connectivity index (χ0v) is 13.1. The maximum atomic E-state index is 5.46. The summed E-state index contributed by atoms with van der Waals surface area (Å²) in [6.07, 6.45) is 3.90. The molecule has 5 nitrogen and oxygen atoms in total. The third-order valence-corrected chi connectivity index (χ3v) is 3.70. The minimum Gasteiger partial charge on any atom is -1.00 e. The highest BCUT2D eigenvalue weighted by molar-refractivity contribution is 5.69. The summed E-state index contributed by atoms with van der Waals surface area (Å²) in [6, 6.07) is 10.4. The molecular weight excluding hydrogens is 302 g/mol. The maximum absolute atomic E-state index is 5.46. The molecule has 0 saturated heterocycles. The highest BCUT2D eigenvalue weighted by atomic mass is 35.5. The molecule has 114 valence electrons. The van der Waals surface area contributed by atoms with Gasteiger partial charge in [-0.25, -0.2) is 9.55 Å². The number of benzene rings is 1. The van der Waals surface area contributed by atoms with Crippen molar-refractivity contribution in [2.75, 3.05) is 6.79 Å². The Morgan fingerprint density at radius 1 is 1.18 bits per heavy atom. The number of aromatic nitrogens is 3. The van der Waals surface area contributed by atoms with Crippen molar-refractivity contribution < 1.29 is 26.4 Å². The monoisotopic (exact) mass is 317 g/mol. The average Bonchev–Trinajstić information content (AvgIpc) is 3.10. The van der Waals surface area contributed by atoms with Crippen LogP contribution in [-0.2, 0) is 0 Å². The van der Waals surface area contributed by atoms with Gasteiger partial charge in [-0.2, -0.15) is 4.57 Å². The Labute approximate surface area is 134 Å². The van der Waals surface area contributed by atoms with Gasteiger partial charge in [-0.3, -0.25) is 0 Å². The smallest absolute Gasteiger partial charge is 0.273 e. The van der Waals surface area contributed by atoms with Gasteiger partial charge in [0, 0.05) is 12.3 Å². The second-order valence-corrected chi connectivity index (χ2v) is 5.37. The number of pyridine rings is 1. The molecule has 6 heteroatoms. The van der Waals surface area contributed by atoms with E-state index in [0.717, 1.165) is 28.4 Å². The van der Waals surface area contributed by atoms with E-state index in [1.165, 1.54) is 0 Å². The summed E-state index contributed by atoms with van der Waals surface area (Å²) in [5.41, 5.74) is 3.07. The molecule has 0 radical (unpaired) electrons. The van der Waals surface area contributed by atoms with Crippen LogP contribution in [0, 0.1) is 0 Å². The average molecular weight is 318 g/mol. The molecule has 0 unspecified atom stereocenters. The summed E-state index contributed by atoms with van der Waals surface area (Å²) in [5.74, 6) is 1.57. The number of hydrogen-bond donors (Lipinski definition) is 0. The van der Waals surface area contributed by atoms with Crippen molar-refractivity contribution in [3.63, 3.8) is 0 Å². The van der Waals surface area contributed by atoms with Gasteiger partial charge in [0.2, 0.25) is 6.79 Å². The molecule has 2 aromatic heterocycles. The quantitative estimate of drug-likeness (QED) is 0.605. The van der Waals surface area contributed by atoms with Crippen molar-refractivity contribution in [1.82, 2.24) is 9.55 Å². The molecular formula is C16H16ClN3O2. The van der Waals surface area contributed by atoms with E-state index in [1.54, 1.807) is 0 Å². The fraction of sp³-hybridized carbons (Fsp3) is 0.250. The van der Waals surface area contributed by atoms with Crippen LogP contribution < -0.4 is 26.4 Å². The van der Waals surface area contributed by atoms with Crippen LogP contribution >= 0.6 is 0 Å². The fourth-order valence-corrected chi connectivity index (χ4v) is 2.65. The molecule has 1 aromatic carbocycles. The predicted octanol–water partition coefficient (Wildman–Crippen LogP) is -0.373. The molecule has 0 bridgehead atoms. The van der Waals surface area contributed by atoms with Gasteiger partial charge in [0.15, 0.2) is 17.0 Å². The first-order valence-corrected chi connectivity index (χ1v) is 7.01. The van der Waals surface area contributed by atoms with Gasteiger partial charge in [-0.1, -0.05) is 0 Å². The molecule has 0 aliphatic carbocycles. The summed E-state index contributed by atoms with van der Waals surface area (Å²) in [6.45, 7) is 4.61. The molecule has 22 heavy (non-hydrogen) atoms. The summed E-state index contributed by atoms with van der Waals surface area (Å²) in [5, 5.41) is 0. The van der Waals surface area contributed by atoms with Gasteiger partial charge < -0.3 is 21.9 Å². The fourth-order valence-electron chi connectivity index (χ4n) is 2.65. The van der Waals surface area contributed by atoms with Gasteiger partial charge in [0.05, 0.1) is 6.04 Å². The van der Waals surface area contributed by atoms with E-state index >= 15 is 0 Å². The third kappa shape index (κ3) is 2.18. The largest absolute Gasteiger partial charge is 1.00 e. The topological polar surface area (TPSA) is 40.2 Å². The Hall–Kier alpha value is -2.27. The van der Waals surface area contributed by atoms with E-state index < -0.39 is 0 Å². The number of imidazole rings is 1. The molecule has 4 rings (SSSR count). The number of hydrogen-bond acceptors (Lipinski definition) is 3. The Morgan fingerprint density at radius 2 is 2.00 bits per heavy atom. The lowest BCUT2D eigenvalue weighted by Crippen LogP contribution is -3.00. The normalized spacial score (nSPS) is 12.7. The Morgan fingerprint density at radius 3 is 2.82 bits per heavy atom. The maximum Gasteiger partial charge on any atom is 0.273 e. The first kappa shape index (κ1) is 14.7. The summed E-state index contributed by atoms with van der Waals surface area (Å²) >= 11 is 0. The summed E-state index contributed by atoms with van der Waals surface area (Å²) in [7, 11) is 0. The van der Waals surface area contributed by atoms with Crippen LogP contribution in [-0.4, -0.2) is 16.3 Å². The molecule has 0 amide bonds. The zero-order valence-electron chi connectivity index (χ0n) is 12.4. The van der Waals surface area contributed by atoms with Crippen LogP contribution in [0.5, 0.6) is 11.5 Å². The second kappa shape index (κ2) is 5.50. The van der Waals surface area contributed by atoms with Crippen LogP contribution in [0.1, 0.15) is 19.9 Å². The SMILES string of the molecule is CC(C)[n+]1cn(-c2ccc3c(c2)OCO3)c2ncccc21.[Cl-]. The Balaban J connectivity index is 0.00000144. The lowest BCUT2D eigenvalue weighted by atomic mass is 10.2. The number of nitrogens with zero attached hydrogens (tertiary/aromatic N) is 3. The van der Waals surface area contributed by atoms with Crippen LogP contribution in [0.4, 0.5) is 0 Å². The first-order valence-electron chi connectivity index (χ1n) is 7.01. The molecule has 3 heterocycles. The lowest BCUT2D eigenvalue weighted by Gasteiger charge is -2.00. The van der Waals surface area contributed by atoms with Gasteiger partial charge in [-0.15, -0.1) is 0 Å². The molecule has 1 aliphatic heterocycles. The van der Waals surface area contributed by atoms with Crippen molar-refractivity contribution >= 4 is 11.2 Å². The minimum atomic E-state index is 0. The van der Waals surface area contributed by atoms with E-state index in [0.29, 0.717) is 6.04 Å². The highest BCUT2D eigenvalue weighted by Gasteiger charge is 2.22. The number of halogens is 1. The molecule has 0 spiro atoms. The third-order valence-electron chi connectivity index (χ3n) is 3.70. The second-order valence-electron chi connectivity index (χ2n) is 5.37. The lowest BCUT2D eigenvalue weighted by molar-refractivity contribution is -0.691. The standard InChI is InChI=1S/C16H16N3O2.ClH/c1-11(2)18-9-19(16-13(18)4-3-7-17-16)12-5-6-14-15(8-12)21-10-20-14;/h3-9,11H,10H2,1-2H3;1H/q+1;/p-1. The Bertz CT molecular complexity index is 829. The molecule has 1 aliphatic rings. The van der Waals surface area contributed by atoms with Crippen LogP contribution in [0.2, 0.25) is 0 Å². The number of ether oxygens (including phenoxy) is 2. The molecule has 3 aromatic rings. The molecule has 0 N–H and O–H groups in total. The van der Waals surface area contributed by atoms with Gasteiger partial charge in [0.1, 0.15) is 5.69 Å². The van der Waals surface area contributed by atoms with Crippen molar-refractivity contribution in [3.8, 4) is 17.2 Å². The zero-order chi connectivity index (χ0) is 14.4. The predicted molar refractivity (Wildman–Crippen MR) is 77.8 cm³/mol. The summed E-state index contributed by atoms with van der Waals surface area (Å²) in [4.78, 5) is 4.52. The number of fused-ring (bicyclic) bond motifs is 2. The van der Waals surface area contributed by atoms with Crippen molar-refractivity contribution in [3.05, 3.63) is 42.9 Å². The van der Waals surface area contributed by atoms with Gasteiger partial charge in [0.25, 0.3) is 12.0 Å².